The molecule has 0 spiro atoms. The van der Waals surface area contributed by atoms with E-state index in [-0.39, 0.29) is 11.8 Å². The molecule has 100 valence electrons. The van der Waals surface area contributed by atoms with E-state index in [1.165, 1.54) is 0 Å². The maximum Gasteiger partial charge on any atom is 0.223 e. The minimum absolute atomic E-state index is 0.317. The van der Waals surface area contributed by atoms with Crippen LogP contribution in [0.15, 0.2) is 0 Å². The van der Waals surface area contributed by atoms with Crippen LogP contribution in [0.25, 0.3) is 0 Å². The van der Waals surface area contributed by atoms with Crippen LogP contribution in [0.5, 0.6) is 0 Å². The highest BCUT2D eigenvalue weighted by Crippen LogP contribution is 2.19. The van der Waals surface area contributed by atoms with Crippen molar-refractivity contribution in [3.05, 3.63) is 0 Å². The molecule has 5 N–H and O–H groups in total. The standard InChI is InChI=1S/C10H19NO6/c1-4(2)9(15)11-6-8(14)7(13)5(3-12)17-10(6)16/h4-8,10,12-14,16H,3H2,1-2H3,(H,11,15)/t5-,6-,7-,8-,10?/m1/s1. The van der Waals surface area contributed by atoms with Crippen LogP contribution in [0.3, 0.4) is 0 Å². The van der Waals surface area contributed by atoms with Crippen molar-refractivity contribution < 1.29 is 30.0 Å². The van der Waals surface area contributed by atoms with Gasteiger partial charge in [0, 0.05) is 5.92 Å². The summed E-state index contributed by atoms with van der Waals surface area (Å²) in [6.45, 7) is 2.79. The van der Waals surface area contributed by atoms with Gasteiger partial charge in [0.05, 0.1) is 6.61 Å². The van der Waals surface area contributed by atoms with Gasteiger partial charge in [0.15, 0.2) is 6.29 Å². The second-order valence-electron chi connectivity index (χ2n) is 4.42. The van der Waals surface area contributed by atoms with E-state index in [0.29, 0.717) is 0 Å². The molecule has 5 atom stereocenters. The zero-order chi connectivity index (χ0) is 13.2. The van der Waals surface area contributed by atoms with Crippen molar-refractivity contribution in [1.29, 1.82) is 0 Å². The molecule has 1 aliphatic rings. The smallest absolute Gasteiger partial charge is 0.223 e. The van der Waals surface area contributed by atoms with Gasteiger partial charge < -0.3 is 30.5 Å². The normalized spacial score (nSPS) is 38.2. The van der Waals surface area contributed by atoms with Crippen LogP contribution in [0.4, 0.5) is 0 Å². The van der Waals surface area contributed by atoms with E-state index < -0.39 is 37.3 Å². The number of rotatable bonds is 3. The van der Waals surface area contributed by atoms with Gasteiger partial charge in [-0.15, -0.1) is 0 Å². The first kappa shape index (κ1) is 14.3. The maximum absolute atomic E-state index is 11.4. The Bertz CT molecular complexity index is 272. The van der Waals surface area contributed by atoms with Gasteiger partial charge >= 0.3 is 0 Å². The Balaban J connectivity index is 2.69. The fourth-order valence-corrected chi connectivity index (χ4v) is 1.58. The highest BCUT2D eigenvalue weighted by molar-refractivity contribution is 5.78. The van der Waals surface area contributed by atoms with Crippen molar-refractivity contribution in [3.8, 4) is 0 Å². The number of carbonyl (C=O) groups excluding carboxylic acids is 1. The van der Waals surface area contributed by atoms with Crippen LogP contribution in [-0.2, 0) is 9.53 Å². The third-order valence-corrected chi connectivity index (χ3v) is 2.73. The van der Waals surface area contributed by atoms with Gasteiger partial charge in [-0.25, -0.2) is 0 Å². The minimum Gasteiger partial charge on any atom is -0.394 e. The predicted molar refractivity (Wildman–Crippen MR) is 56.7 cm³/mol. The average molecular weight is 249 g/mol. The molecule has 1 rings (SSSR count). The number of hydrogen-bond donors (Lipinski definition) is 5. The minimum atomic E-state index is -1.46. The lowest BCUT2D eigenvalue weighted by atomic mass is 9.96. The second-order valence-corrected chi connectivity index (χ2v) is 4.42. The molecule has 17 heavy (non-hydrogen) atoms. The number of ether oxygens (including phenoxy) is 1. The van der Waals surface area contributed by atoms with Gasteiger partial charge in [-0.1, -0.05) is 13.8 Å². The summed E-state index contributed by atoms with van der Waals surface area (Å²) in [5, 5.41) is 40.1. The molecule has 7 nitrogen and oxygen atoms in total. The van der Waals surface area contributed by atoms with Gasteiger partial charge in [-0.05, 0) is 0 Å². The summed E-state index contributed by atoms with van der Waals surface area (Å²) < 4.78 is 4.89. The third kappa shape index (κ3) is 3.14. The highest BCUT2D eigenvalue weighted by atomic mass is 16.6. The zero-order valence-electron chi connectivity index (χ0n) is 9.78. The molecule has 1 aliphatic heterocycles. The van der Waals surface area contributed by atoms with Crippen LogP contribution in [0.1, 0.15) is 13.8 Å². The molecular weight excluding hydrogens is 230 g/mol. The van der Waals surface area contributed by atoms with Gasteiger partial charge in [-0.2, -0.15) is 0 Å². The second kappa shape index (κ2) is 5.74. The molecule has 7 heteroatoms. The zero-order valence-corrected chi connectivity index (χ0v) is 9.78. The number of amides is 1. The van der Waals surface area contributed by atoms with Crippen molar-refractivity contribution in [1.82, 2.24) is 5.32 Å². The maximum atomic E-state index is 11.4. The van der Waals surface area contributed by atoms with E-state index in [1.807, 2.05) is 0 Å². The summed E-state index contributed by atoms with van der Waals surface area (Å²) in [7, 11) is 0. The van der Waals surface area contributed by atoms with Crippen molar-refractivity contribution in [3.63, 3.8) is 0 Å². The first-order valence-electron chi connectivity index (χ1n) is 5.49. The van der Waals surface area contributed by atoms with Gasteiger partial charge in [0.1, 0.15) is 24.4 Å². The quantitative estimate of drug-likeness (QED) is 0.379. The Morgan fingerprint density at radius 1 is 1.29 bits per heavy atom. The number of aliphatic hydroxyl groups is 4. The van der Waals surface area contributed by atoms with Crippen LogP contribution in [0, 0.1) is 5.92 Å². The van der Waals surface area contributed by atoms with Gasteiger partial charge in [0.2, 0.25) is 5.91 Å². The summed E-state index contributed by atoms with van der Waals surface area (Å²) in [4.78, 5) is 11.4. The number of hydrogen-bond acceptors (Lipinski definition) is 6. The molecule has 1 fully saturated rings. The Kier molecular flexibility index (Phi) is 4.84. The van der Waals surface area contributed by atoms with Gasteiger partial charge in [0.25, 0.3) is 0 Å². The number of carbonyl (C=O) groups is 1. The average Bonchev–Trinajstić information content (AvgIpc) is 2.28. The summed E-state index contributed by atoms with van der Waals surface area (Å²) in [6.07, 6.45) is -5.28. The van der Waals surface area contributed by atoms with Crippen molar-refractivity contribution in [2.45, 2.75) is 44.5 Å². The lowest BCUT2D eigenvalue weighted by Gasteiger charge is -2.40. The number of aliphatic hydroxyl groups excluding tert-OH is 4. The molecule has 0 aromatic carbocycles. The fraction of sp³-hybridized carbons (Fsp3) is 0.900. The van der Waals surface area contributed by atoms with Gasteiger partial charge in [-0.3, -0.25) is 4.79 Å². The molecule has 0 aromatic rings. The largest absolute Gasteiger partial charge is 0.394 e. The highest BCUT2D eigenvalue weighted by Gasteiger charge is 2.44. The summed E-state index contributed by atoms with van der Waals surface area (Å²) in [5.74, 6) is -0.687. The fourth-order valence-electron chi connectivity index (χ4n) is 1.58. The Hall–Kier alpha value is -0.730. The van der Waals surface area contributed by atoms with Crippen molar-refractivity contribution >= 4 is 5.91 Å². The SMILES string of the molecule is CC(C)C(=O)N[C@H]1C(O)O[C@H](CO)[C@@H](O)[C@@H]1O. The molecular formula is C10H19NO6. The Labute approximate surface area is 99.0 Å². The Morgan fingerprint density at radius 3 is 2.35 bits per heavy atom. The first-order chi connectivity index (χ1) is 7.88. The van der Waals surface area contributed by atoms with Crippen LogP contribution >= 0.6 is 0 Å². The third-order valence-electron chi connectivity index (χ3n) is 2.73. The van der Waals surface area contributed by atoms with E-state index in [1.54, 1.807) is 13.8 Å². The summed E-state index contributed by atoms with van der Waals surface area (Å²) in [5.41, 5.74) is 0. The molecule has 1 heterocycles. The van der Waals surface area contributed by atoms with E-state index in [2.05, 4.69) is 5.32 Å². The first-order valence-corrected chi connectivity index (χ1v) is 5.49. The van der Waals surface area contributed by atoms with Crippen LogP contribution in [-0.4, -0.2) is 63.6 Å². The summed E-state index contributed by atoms with van der Waals surface area (Å²) >= 11 is 0. The molecule has 0 saturated carbocycles. The van der Waals surface area contributed by atoms with Crippen molar-refractivity contribution in [2.24, 2.45) is 5.92 Å². The molecule has 1 amide bonds. The molecule has 0 aromatic heterocycles. The lowest BCUT2D eigenvalue weighted by molar-refractivity contribution is -0.254. The molecule has 0 radical (unpaired) electrons. The van der Waals surface area contributed by atoms with E-state index in [4.69, 9.17) is 9.84 Å². The van der Waals surface area contributed by atoms with E-state index in [9.17, 15) is 20.1 Å². The van der Waals surface area contributed by atoms with E-state index in [0.717, 1.165) is 0 Å². The molecule has 1 saturated heterocycles. The predicted octanol–water partition coefficient (Wildman–Crippen LogP) is -2.44. The molecule has 0 bridgehead atoms. The topological polar surface area (TPSA) is 119 Å². The monoisotopic (exact) mass is 249 g/mol. The Morgan fingerprint density at radius 2 is 1.88 bits per heavy atom. The number of nitrogens with one attached hydrogen (secondary N) is 1. The summed E-state index contributed by atoms with van der Waals surface area (Å²) in [6, 6.07) is -1.11. The van der Waals surface area contributed by atoms with Crippen molar-refractivity contribution in [2.75, 3.05) is 6.61 Å². The lowest BCUT2D eigenvalue weighted by Crippen LogP contribution is -2.64. The van der Waals surface area contributed by atoms with Crippen LogP contribution in [0.2, 0.25) is 0 Å². The van der Waals surface area contributed by atoms with Crippen LogP contribution < -0.4 is 5.32 Å². The molecule has 0 aliphatic carbocycles. The van der Waals surface area contributed by atoms with E-state index >= 15 is 0 Å². The molecule has 1 unspecified atom stereocenters.